The number of carbonyl (C=O) groups is 2. The molecule has 0 radical (unpaired) electrons. The maximum Gasteiger partial charge on any atom is 0.260 e. The molecule has 0 aliphatic carbocycles. The molecular weight excluding hydrogens is 477 g/mol. The molecule has 8 heteroatoms. The molecule has 2 amide bonds. The number of hydrogen-bond donors (Lipinski definition) is 0. The van der Waals surface area contributed by atoms with E-state index >= 15 is 0 Å². The second-order valence-electron chi connectivity index (χ2n) is 9.19. The van der Waals surface area contributed by atoms with Crippen molar-refractivity contribution in [2.24, 2.45) is 0 Å². The lowest BCUT2D eigenvalue weighted by Gasteiger charge is -2.37. The molecule has 1 aromatic heterocycles. The number of thiophene rings is 1. The van der Waals surface area contributed by atoms with Crippen LogP contribution in [0.2, 0.25) is 0 Å². The summed E-state index contributed by atoms with van der Waals surface area (Å²) in [5, 5.41) is 2.07. The third-order valence-corrected chi connectivity index (χ3v) is 7.87. The molecule has 0 saturated carbocycles. The summed E-state index contributed by atoms with van der Waals surface area (Å²) in [4.78, 5) is 33.2. The van der Waals surface area contributed by atoms with Crippen molar-refractivity contribution in [3.63, 3.8) is 0 Å². The van der Waals surface area contributed by atoms with E-state index in [1.54, 1.807) is 28.4 Å². The summed E-state index contributed by atoms with van der Waals surface area (Å²) in [6.45, 7) is 3.21. The number of fused-ring (bicyclic) bond motifs is 1. The smallest absolute Gasteiger partial charge is 0.260 e. The van der Waals surface area contributed by atoms with Crippen molar-refractivity contribution in [3.05, 3.63) is 87.9 Å². The van der Waals surface area contributed by atoms with Gasteiger partial charge in [0.1, 0.15) is 11.6 Å². The molecule has 3 aromatic rings. The van der Waals surface area contributed by atoms with Crippen LogP contribution in [0.1, 0.15) is 28.5 Å². The van der Waals surface area contributed by atoms with E-state index in [1.165, 1.54) is 10.9 Å². The Bertz CT molecular complexity index is 1200. The van der Waals surface area contributed by atoms with Crippen LogP contribution in [0, 0.1) is 5.82 Å². The summed E-state index contributed by atoms with van der Waals surface area (Å²) in [7, 11) is 0. The number of halogens is 1. The van der Waals surface area contributed by atoms with E-state index in [0.717, 1.165) is 30.5 Å². The molecule has 2 aliphatic heterocycles. The predicted octanol–water partition coefficient (Wildman–Crippen LogP) is 3.97. The summed E-state index contributed by atoms with van der Waals surface area (Å²) in [5.41, 5.74) is 2.03. The highest BCUT2D eigenvalue weighted by Gasteiger charge is 2.32. The Morgan fingerprint density at radius 3 is 2.47 bits per heavy atom. The number of para-hydroxylation sites is 1. The molecule has 5 rings (SSSR count). The van der Waals surface area contributed by atoms with Gasteiger partial charge < -0.3 is 14.5 Å². The minimum absolute atomic E-state index is 0.00989. The number of hydrogen-bond acceptors (Lipinski definition) is 5. The molecule has 2 aromatic carbocycles. The molecule has 3 heterocycles. The highest BCUT2D eigenvalue weighted by Crippen LogP contribution is 2.37. The molecule has 1 atom stereocenters. The van der Waals surface area contributed by atoms with Crippen LogP contribution in [0.4, 0.5) is 4.39 Å². The zero-order valence-corrected chi connectivity index (χ0v) is 21.0. The Labute approximate surface area is 214 Å². The highest BCUT2D eigenvalue weighted by atomic mass is 32.1. The van der Waals surface area contributed by atoms with Gasteiger partial charge in [-0.25, -0.2) is 4.39 Å². The van der Waals surface area contributed by atoms with Gasteiger partial charge >= 0.3 is 0 Å². The van der Waals surface area contributed by atoms with Crippen molar-refractivity contribution in [1.82, 2.24) is 14.7 Å². The summed E-state index contributed by atoms with van der Waals surface area (Å²) >= 11 is 1.72. The van der Waals surface area contributed by atoms with E-state index < -0.39 is 0 Å². The molecule has 188 valence electrons. The number of carbonyl (C=O) groups excluding carboxylic acids is 2. The summed E-state index contributed by atoms with van der Waals surface area (Å²) in [6.07, 6.45) is 1.61. The normalized spacial score (nSPS) is 18.4. The fraction of sp³-hybridized carbons (Fsp3) is 0.357. The second kappa shape index (κ2) is 11.2. The van der Waals surface area contributed by atoms with E-state index in [1.807, 2.05) is 41.3 Å². The van der Waals surface area contributed by atoms with Crippen LogP contribution in [0.5, 0.6) is 5.75 Å². The van der Waals surface area contributed by atoms with Gasteiger partial charge in [-0.15, -0.1) is 11.3 Å². The first kappa shape index (κ1) is 24.5. The number of ether oxygens (including phenoxy) is 1. The summed E-state index contributed by atoms with van der Waals surface area (Å²) < 4.78 is 19.7. The standard InChI is InChI=1S/C28H30FN3O3S/c29-22-7-4-6-21(18-22)28-24-11-17-36-25(24)10-14-32(28)19-26(33)30-12-5-13-31(16-15-30)27(34)20-35-23-8-2-1-3-9-23/h1-4,6-9,11,17-18,28H,5,10,12-16,19-20H2. The number of rotatable bonds is 6. The molecule has 1 saturated heterocycles. The molecule has 6 nitrogen and oxygen atoms in total. The lowest BCUT2D eigenvalue weighted by atomic mass is 9.93. The van der Waals surface area contributed by atoms with Crippen molar-refractivity contribution in [2.45, 2.75) is 18.9 Å². The molecule has 0 N–H and O–H groups in total. The Hall–Kier alpha value is -3.23. The van der Waals surface area contributed by atoms with Gasteiger partial charge in [-0.1, -0.05) is 30.3 Å². The van der Waals surface area contributed by atoms with E-state index in [0.29, 0.717) is 31.9 Å². The third-order valence-electron chi connectivity index (χ3n) is 6.88. The largest absolute Gasteiger partial charge is 0.484 e. The average molecular weight is 508 g/mol. The minimum Gasteiger partial charge on any atom is -0.484 e. The second-order valence-corrected chi connectivity index (χ2v) is 10.2. The first-order chi connectivity index (χ1) is 17.6. The first-order valence-corrected chi connectivity index (χ1v) is 13.3. The highest BCUT2D eigenvalue weighted by molar-refractivity contribution is 7.10. The van der Waals surface area contributed by atoms with Crippen molar-refractivity contribution in [3.8, 4) is 5.75 Å². The lowest BCUT2D eigenvalue weighted by molar-refractivity contribution is -0.135. The lowest BCUT2D eigenvalue weighted by Crippen LogP contribution is -2.45. The van der Waals surface area contributed by atoms with Crippen LogP contribution >= 0.6 is 11.3 Å². The molecule has 2 aliphatic rings. The zero-order chi connectivity index (χ0) is 24.9. The average Bonchev–Trinajstić information content (AvgIpc) is 3.23. The Balaban J connectivity index is 1.21. The molecule has 1 unspecified atom stereocenters. The topological polar surface area (TPSA) is 53.1 Å². The van der Waals surface area contributed by atoms with Gasteiger partial charge in [-0.3, -0.25) is 14.5 Å². The van der Waals surface area contributed by atoms with E-state index in [2.05, 4.69) is 16.3 Å². The monoisotopic (exact) mass is 507 g/mol. The van der Waals surface area contributed by atoms with Gasteiger partial charge in [-0.05, 0) is 59.7 Å². The van der Waals surface area contributed by atoms with Crippen LogP contribution in [-0.4, -0.2) is 72.4 Å². The Kier molecular flexibility index (Phi) is 7.63. The molecule has 36 heavy (non-hydrogen) atoms. The fourth-order valence-corrected chi connectivity index (χ4v) is 5.95. The first-order valence-electron chi connectivity index (χ1n) is 12.4. The maximum absolute atomic E-state index is 14.1. The number of nitrogens with zero attached hydrogens (tertiary/aromatic N) is 3. The number of amides is 2. The Morgan fingerprint density at radius 2 is 1.69 bits per heavy atom. The molecular formula is C28H30FN3O3S. The van der Waals surface area contributed by atoms with Crippen LogP contribution in [0.15, 0.2) is 66.0 Å². The van der Waals surface area contributed by atoms with Gasteiger partial charge in [0.2, 0.25) is 5.91 Å². The minimum atomic E-state index is -0.269. The Morgan fingerprint density at radius 1 is 0.917 bits per heavy atom. The van der Waals surface area contributed by atoms with Gasteiger partial charge in [0, 0.05) is 37.6 Å². The van der Waals surface area contributed by atoms with Gasteiger partial charge in [0.05, 0.1) is 12.6 Å². The van der Waals surface area contributed by atoms with Crippen molar-refractivity contribution in [1.29, 1.82) is 0 Å². The molecule has 0 bridgehead atoms. The van der Waals surface area contributed by atoms with Crippen LogP contribution in [-0.2, 0) is 16.0 Å². The van der Waals surface area contributed by atoms with E-state index in [9.17, 15) is 14.0 Å². The van der Waals surface area contributed by atoms with Crippen LogP contribution in [0.25, 0.3) is 0 Å². The predicted molar refractivity (Wildman–Crippen MR) is 138 cm³/mol. The summed E-state index contributed by atoms with van der Waals surface area (Å²) in [6, 6.07) is 17.9. The van der Waals surface area contributed by atoms with Crippen molar-refractivity contribution >= 4 is 23.2 Å². The SMILES string of the molecule is O=C(COc1ccccc1)N1CCCN(C(=O)CN2CCc3sccc3C2c2cccc(F)c2)CC1. The zero-order valence-electron chi connectivity index (χ0n) is 20.1. The van der Waals surface area contributed by atoms with Gasteiger partial charge in [0.25, 0.3) is 5.91 Å². The van der Waals surface area contributed by atoms with E-state index in [4.69, 9.17) is 4.74 Å². The van der Waals surface area contributed by atoms with Crippen molar-refractivity contribution < 1.29 is 18.7 Å². The molecule has 0 spiro atoms. The van der Waals surface area contributed by atoms with Crippen molar-refractivity contribution in [2.75, 3.05) is 45.9 Å². The third kappa shape index (κ3) is 5.60. The quantitative estimate of drug-likeness (QED) is 0.507. The fourth-order valence-electron chi connectivity index (χ4n) is 5.05. The molecule has 1 fully saturated rings. The van der Waals surface area contributed by atoms with Crippen LogP contribution < -0.4 is 4.74 Å². The van der Waals surface area contributed by atoms with Gasteiger partial charge in [0.15, 0.2) is 6.61 Å². The van der Waals surface area contributed by atoms with E-state index in [-0.39, 0.29) is 36.8 Å². The maximum atomic E-state index is 14.1. The summed E-state index contributed by atoms with van der Waals surface area (Å²) in [5.74, 6) is 0.376. The van der Waals surface area contributed by atoms with Crippen LogP contribution in [0.3, 0.4) is 0 Å². The number of benzene rings is 2. The van der Waals surface area contributed by atoms with Gasteiger partial charge in [-0.2, -0.15) is 0 Å².